The zero-order chi connectivity index (χ0) is 23.4. The fourth-order valence-electron chi connectivity index (χ4n) is 3.84. The van der Waals surface area contributed by atoms with E-state index in [1.54, 1.807) is 18.2 Å². The molecule has 2 aromatic heterocycles. The second-order valence-electron chi connectivity index (χ2n) is 7.56. The second kappa shape index (κ2) is 9.68. The van der Waals surface area contributed by atoms with Crippen molar-refractivity contribution in [1.29, 1.82) is 0 Å². The molecular weight excluding hydrogens is 425 g/mol. The Bertz CT molecular complexity index is 1320. The number of ether oxygens (including phenoxy) is 1. The average Bonchev–Trinajstić information content (AvgIpc) is 3.25. The standard InChI is InChI=1S/C25H24FN3O4/c1-3-15-12-21(32-14-22-28-25(31)33-29-22)23(26)18(4-2)19(15)13-17-10-11-20(30)24(27-17)16-8-6-5-7-9-16/h5-12,30H,3-4,13-14H2,1-2H3,(H,28,29,31). The van der Waals surface area contributed by atoms with Crippen LogP contribution < -0.4 is 10.5 Å². The summed E-state index contributed by atoms with van der Waals surface area (Å²) >= 11 is 0. The highest BCUT2D eigenvalue weighted by molar-refractivity contribution is 5.66. The van der Waals surface area contributed by atoms with Gasteiger partial charge in [0.25, 0.3) is 0 Å². The molecule has 0 unspecified atom stereocenters. The number of rotatable bonds is 8. The van der Waals surface area contributed by atoms with Crippen molar-refractivity contribution in [1.82, 2.24) is 15.1 Å². The number of benzene rings is 2. The van der Waals surface area contributed by atoms with E-state index in [-0.39, 0.29) is 23.9 Å². The molecule has 4 rings (SSSR count). The third-order valence-corrected chi connectivity index (χ3v) is 5.46. The summed E-state index contributed by atoms with van der Waals surface area (Å²) < 4.78 is 25.4. The summed E-state index contributed by atoms with van der Waals surface area (Å²) in [6.45, 7) is 3.77. The van der Waals surface area contributed by atoms with E-state index in [0.29, 0.717) is 30.5 Å². The normalized spacial score (nSPS) is 11.0. The molecule has 0 spiro atoms. The van der Waals surface area contributed by atoms with E-state index in [9.17, 15) is 9.90 Å². The Kier molecular flexibility index (Phi) is 6.53. The molecule has 0 atom stereocenters. The fraction of sp³-hybridized carbons (Fsp3) is 0.240. The molecule has 2 heterocycles. The largest absolute Gasteiger partial charge is 0.506 e. The smallest absolute Gasteiger partial charge is 0.439 e. The van der Waals surface area contributed by atoms with E-state index in [1.165, 1.54) is 0 Å². The molecule has 0 saturated carbocycles. The number of aromatic hydroxyl groups is 1. The van der Waals surface area contributed by atoms with Gasteiger partial charge in [0, 0.05) is 17.7 Å². The predicted molar refractivity (Wildman–Crippen MR) is 121 cm³/mol. The van der Waals surface area contributed by atoms with Gasteiger partial charge < -0.3 is 9.84 Å². The van der Waals surface area contributed by atoms with Crippen molar-refractivity contribution in [2.75, 3.05) is 0 Å². The molecule has 0 fully saturated rings. The molecule has 0 radical (unpaired) electrons. The SMILES string of the molecule is CCc1cc(OCc2noc(=O)[nH]2)c(F)c(CC)c1Cc1ccc(O)c(-c2ccccc2)n1. The highest BCUT2D eigenvalue weighted by Gasteiger charge is 2.19. The minimum Gasteiger partial charge on any atom is -0.506 e. The maximum atomic E-state index is 15.4. The Labute approximate surface area is 189 Å². The molecule has 2 N–H and O–H groups in total. The van der Waals surface area contributed by atoms with E-state index < -0.39 is 11.6 Å². The van der Waals surface area contributed by atoms with Crippen LogP contribution in [-0.2, 0) is 25.9 Å². The van der Waals surface area contributed by atoms with Gasteiger partial charge in [0.05, 0.1) is 0 Å². The first kappa shape index (κ1) is 22.3. The minimum atomic E-state index is -0.691. The summed E-state index contributed by atoms with van der Waals surface area (Å²) in [6.07, 6.45) is 1.56. The summed E-state index contributed by atoms with van der Waals surface area (Å²) in [6, 6.07) is 14.5. The van der Waals surface area contributed by atoms with Crippen molar-refractivity contribution >= 4 is 0 Å². The number of aromatic nitrogens is 3. The lowest BCUT2D eigenvalue weighted by atomic mass is 9.92. The van der Waals surface area contributed by atoms with Gasteiger partial charge in [0.15, 0.2) is 17.4 Å². The quantitative estimate of drug-likeness (QED) is 0.409. The van der Waals surface area contributed by atoms with Gasteiger partial charge in [0.2, 0.25) is 0 Å². The molecular formula is C25H24FN3O4. The molecule has 4 aromatic rings. The molecule has 0 aliphatic rings. The number of nitrogens with zero attached hydrogens (tertiary/aromatic N) is 2. The average molecular weight is 449 g/mol. The number of nitrogens with one attached hydrogen (secondary N) is 1. The van der Waals surface area contributed by atoms with Gasteiger partial charge in [-0.1, -0.05) is 49.3 Å². The Morgan fingerprint density at radius 3 is 2.55 bits per heavy atom. The minimum absolute atomic E-state index is 0.0946. The van der Waals surface area contributed by atoms with Gasteiger partial charge in [-0.25, -0.2) is 14.2 Å². The molecule has 8 heteroatoms. The van der Waals surface area contributed by atoms with Crippen LogP contribution >= 0.6 is 0 Å². The van der Waals surface area contributed by atoms with Crippen LogP contribution in [0.15, 0.2) is 57.8 Å². The highest BCUT2D eigenvalue weighted by atomic mass is 19.1. The zero-order valence-electron chi connectivity index (χ0n) is 18.4. The first-order chi connectivity index (χ1) is 16.0. The van der Waals surface area contributed by atoms with Crippen molar-refractivity contribution in [3.05, 3.63) is 93.1 Å². The number of halogens is 1. The highest BCUT2D eigenvalue weighted by Crippen LogP contribution is 2.32. The fourth-order valence-corrected chi connectivity index (χ4v) is 3.84. The third-order valence-electron chi connectivity index (χ3n) is 5.46. The summed E-state index contributed by atoms with van der Waals surface area (Å²) in [5.74, 6) is -0.764. The molecule has 0 aliphatic heterocycles. The molecule has 0 amide bonds. The van der Waals surface area contributed by atoms with Gasteiger partial charge in [-0.05, 0) is 47.7 Å². The van der Waals surface area contributed by atoms with Gasteiger partial charge in [-0.2, -0.15) is 0 Å². The van der Waals surface area contributed by atoms with Crippen LogP contribution in [-0.4, -0.2) is 20.2 Å². The van der Waals surface area contributed by atoms with Crippen molar-refractivity contribution in [3.63, 3.8) is 0 Å². The van der Waals surface area contributed by atoms with E-state index in [4.69, 9.17) is 4.74 Å². The van der Waals surface area contributed by atoms with Crippen LogP contribution in [0.25, 0.3) is 11.3 Å². The lowest BCUT2D eigenvalue weighted by Crippen LogP contribution is -2.09. The van der Waals surface area contributed by atoms with Crippen LogP contribution in [0, 0.1) is 5.82 Å². The van der Waals surface area contributed by atoms with E-state index in [1.807, 2.05) is 44.2 Å². The van der Waals surface area contributed by atoms with Gasteiger partial charge in [-0.15, -0.1) is 0 Å². The van der Waals surface area contributed by atoms with Crippen LogP contribution in [0.4, 0.5) is 4.39 Å². The van der Waals surface area contributed by atoms with Crippen LogP contribution in [0.5, 0.6) is 11.5 Å². The molecule has 2 aromatic carbocycles. The monoisotopic (exact) mass is 449 g/mol. The molecule has 170 valence electrons. The Hall–Kier alpha value is -3.94. The number of hydrogen-bond donors (Lipinski definition) is 2. The van der Waals surface area contributed by atoms with Crippen LogP contribution in [0.1, 0.15) is 42.1 Å². The van der Waals surface area contributed by atoms with Gasteiger partial charge in [0.1, 0.15) is 18.1 Å². The van der Waals surface area contributed by atoms with E-state index in [2.05, 4.69) is 19.6 Å². The van der Waals surface area contributed by atoms with Gasteiger partial charge >= 0.3 is 5.76 Å². The first-order valence-corrected chi connectivity index (χ1v) is 10.7. The molecule has 0 saturated heterocycles. The maximum Gasteiger partial charge on any atom is 0.439 e. The Morgan fingerprint density at radius 1 is 1.09 bits per heavy atom. The van der Waals surface area contributed by atoms with Crippen molar-refractivity contribution < 1.29 is 18.8 Å². The Balaban J connectivity index is 1.67. The van der Waals surface area contributed by atoms with E-state index >= 15 is 4.39 Å². The Morgan fingerprint density at radius 2 is 1.88 bits per heavy atom. The number of H-pyrrole nitrogens is 1. The zero-order valence-corrected chi connectivity index (χ0v) is 18.4. The summed E-state index contributed by atoms with van der Waals surface area (Å²) in [7, 11) is 0. The number of hydrogen-bond acceptors (Lipinski definition) is 6. The van der Waals surface area contributed by atoms with Crippen molar-refractivity contribution in [2.45, 2.75) is 39.7 Å². The van der Waals surface area contributed by atoms with Crippen LogP contribution in [0.3, 0.4) is 0 Å². The third kappa shape index (κ3) is 4.79. The summed E-state index contributed by atoms with van der Waals surface area (Å²) in [5, 5.41) is 13.9. The topological polar surface area (TPSA) is 101 Å². The van der Waals surface area contributed by atoms with E-state index in [0.717, 1.165) is 22.4 Å². The molecule has 7 nitrogen and oxygen atoms in total. The van der Waals surface area contributed by atoms with Crippen molar-refractivity contribution in [3.8, 4) is 22.8 Å². The number of aromatic amines is 1. The second-order valence-corrected chi connectivity index (χ2v) is 7.56. The number of pyridine rings is 1. The molecule has 0 bridgehead atoms. The lowest BCUT2D eigenvalue weighted by Gasteiger charge is -2.18. The molecule has 0 aliphatic carbocycles. The van der Waals surface area contributed by atoms with Crippen molar-refractivity contribution in [2.24, 2.45) is 0 Å². The summed E-state index contributed by atoms with van der Waals surface area (Å²) in [4.78, 5) is 18.1. The maximum absolute atomic E-state index is 15.4. The number of aryl methyl sites for hydroxylation is 1. The first-order valence-electron chi connectivity index (χ1n) is 10.7. The predicted octanol–water partition coefficient (Wildman–Crippen LogP) is 4.56. The van der Waals surface area contributed by atoms with Gasteiger partial charge in [-0.3, -0.25) is 9.51 Å². The lowest BCUT2D eigenvalue weighted by molar-refractivity contribution is 0.271. The summed E-state index contributed by atoms with van der Waals surface area (Å²) in [5.41, 5.74) is 4.37. The van der Waals surface area contributed by atoms with Crippen LogP contribution in [0.2, 0.25) is 0 Å². The molecule has 33 heavy (non-hydrogen) atoms.